The second-order valence-electron chi connectivity index (χ2n) is 7.83. The Balaban J connectivity index is 1.83. The van der Waals surface area contributed by atoms with E-state index in [9.17, 15) is 9.59 Å². The Labute approximate surface area is 186 Å². The maximum atomic E-state index is 13.5. The summed E-state index contributed by atoms with van der Waals surface area (Å²) >= 11 is 6.01. The number of anilines is 1. The molecule has 0 aliphatic heterocycles. The molecule has 1 amide bonds. The van der Waals surface area contributed by atoms with Crippen LogP contribution < -0.4 is 10.5 Å². The predicted octanol–water partition coefficient (Wildman–Crippen LogP) is 5.95. The van der Waals surface area contributed by atoms with Gasteiger partial charge in [-0.25, -0.2) is 0 Å². The van der Waals surface area contributed by atoms with Crippen LogP contribution in [0, 0.1) is 20.8 Å². The molecule has 0 bridgehead atoms. The molecule has 0 aliphatic rings. The monoisotopic (exact) mass is 430 g/mol. The highest BCUT2D eigenvalue weighted by molar-refractivity contribution is 6.30. The van der Waals surface area contributed by atoms with E-state index in [2.05, 4.69) is 4.98 Å². The van der Waals surface area contributed by atoms with Crippen LogP contribution in [0.1, 0.15) is 32.6 Å². The van der Waals surface area contributed by atoms with Crippen molar-refractivity contribution in [1.82, 2.24) is 4.98 Å². The lowest BCUT2D eigenvalue weighted by Crippen LogP contribution is -2.33. The van der Waals surface area contributed by atoms with Crippen LogP contribution in [0.3, 0.4) is 0 Å². The molecular weight excluding hydrogens is 408 g/mol. The van der Waals surface area contributed by atoms with Crippen molar-refractivity contribution in [2.24, 2.45) is 0 Å². The summed E-state index contributed by atoms with van der Waals surface area (Å²) in [6, 6.07) is 20.4. The third-order valence-corrected chi connectivity index (χ3v) is 5.86. The molecule has 4 aromatic rings. The van der Waals surface area contributed by atoms with Crippen LogP contribution in [0.15, 0.2) is 71.5 Å². The summed E-state index contributed by atoms with van der Waals surface area (Å²) in [6.07, 6.45) is 0. The topological polar surface area (TPSA) is 53.2 Å². The van der Waals surface area contributed by atoms with Gasteiger partial charge in [0.15, 0.2) is 0 Å². The summed E-state index contributed by atoms with van der Waals surface area (Å²) in [7, 11) is 0. The molecule has 4 nitrogen and oxygen atoms in total. The number of aryl methyl sites for hydroxylation is 2. The first-order chi connectivity index (χ1) is 14.8. The van der Waals surface area contributed by atoms with Gasteiger partial charge in [-0.1, -0.05) is 35.4 Å². The number of hydrogen-bond acceptors (Lipinski definition) is 2. The van der Waals surface area contributed by atoms with E-state index in [4.69, 9.17) is 11.6 Å². The lowest BCUT2D eigenvalue weighted by molar-refractivity contribution is 0.0985. The molecule has 156 valence electrons. The predicted molar refractivity (Wildman–Crippen MR) is 127 cm³/mol. The average molecular weight is 431 g/mol. The first-order valence-corrected chi connectivity index (χ1v) is 10.5. The molecule has 3 aromatic carbocycles. The van der Waals surface area contributed by atoms with Gasteiger partial charge in [0, 0.05) is 27.4 Å². The van der Waals surface area contributed by atoms with Gasteiger partial charge < -0.3 is 9.88 Å². The van der Waals surface area contributed by atoms with Crippen molar-refractivity contribution in [3.63, 3.8) is 0 Å². The number of amides is 1. The van der Waals surface area contributed by atoms with Crippen molar-refractivity contribution in [2.45, 2.75) is 27.3 Å². The Kier molecular flexibility index (Phi) is 5.66. The fourth-order valence-electron chi connectivity index (χ4n) is 3.70. The van der Waals surface area contributed by atoms with E-state index < -0.39 is 0 Å². The molecule has 0 spiro atoms. The number of aromatic amines is 1. The number of halogens is 1. The highest BCUT2D eigenvalue weighted by Gasteiger charge is 2.22. The number of hydrogen-bond donors (Lipinski definition) is 1. The Bertz CT molecular complexity index is 1340. The van der Waals surface area contributed by atoms with E-state index in [-0.39, 0.29) is 18.0 Å². The van der Waals surface area contributed by atoms with E-state index in [0.29, 0.717) is 16.1 Å². The number of pyridine rings is 1. The normalized spacial score (nSPS) is 11.0. The van der Waals surface area contributed by atoms with Crippen LogP contribution in [0.5, 0.6) is 0 Å². The average Bonchev–Trinajstić information content (AvgIpc) is 2.75. The number of nitrogens with one attached hydrogen (secondary N) is 1. The van der Waals surface area contributed by atoms with Gasteiger partial charge in [0.25, 0.3) is 11.5 Å². The first-order valence-electron chi connectivity index (χ1n) is 10.1. The van der Waals surface area contributed by atoms with Crippen molar-refractivity contribution < 1.29 is 4.79 Å². The molecule has 0 aliphatic carbocycles. The van der Waals surface area contributed by atoms with Crippen molar-refractivity contribution in [1.29, 1.82) is 0 Å². The lowest BCUT2D eigenvalue weighted by Gasteiger charge is -2.25. The number of rotatable bonds is 4. The summed E-state index contributed by atoms with van der Waals surface area (Å²) < 4.78 is 0. The van der Waals surface area contributed by atoms with Gasteiger partial charge in [0.2, 0.25) is 0 Å². The largest absolute Gasteiger partial charge is 0.322 e. The molecule has 5 heteroatoms. The van der Waals surface area contributed by atoms with Crippen LogP contribution in [-0.2, 0) is 6.54 Å². The highest BCUT2D eigenvalue weighted by Crippen LogP contribution is 2.27. The second-order valence-corrected chi connectivity index (χ2v) is 8.27. The zero-order valence-corrected chi connectivity index (χ0v) is 18.5. The van der Waals surface area contributed by atoms with Crippen molar-refractivity contribution in [3.8, 4) is 0 Å². The molecule has 0 saturated heterocycles. The molecular formula is C26H23ClN2O2. The number of carbonyl (C=O) groups is 1. The van der Waals surface area contributed by atoms with Crippen LogP contribution >= 0.6 is 11.6 Å². The number of benzene rings is 3. The highest BCUT2D eigenvalue weighted by atomic mass is 35.5. The summed E-state index contributed by atoms with van der Waals surface area (Å²) in [5.41, 5.74) is 5.59. The lowest BCUT2D eigenvalue weighted by atomic mass is 10.0. The Morgan fingerprint density at radius 3 is 2.45 bits per heavy atom. The summed E-state index contributed by atoms with van der Waals surface area (Å²) in [5, 5.41) is 1.51. The van der Waals surface area contributed by atoms with Crippen LogP contribution in [0.4, 0.5) is 5.69 Å². The Morgan fingerprint density at radius 2 is 1.71 bits per heavy atom. The molecule has 0 radical (unpaired) electrons. The summed E-state index contributed by atoms with van der Waals surface area (Å²) in [4.78, 5) is 31.0. The molecule has 0 fully saturated rings. The van der Waals surface area contributed by atoms with Crippen LogP contribution in [0.25, 0.3) is 10.9 Å². The fraction of sp³-hybridized carbons (Fsp3) is 0.154. The fourth-order valence-corrected chi connectivity index (χ4v) is 3.83. The third kappa shape index (κ3) is 4.25. The van der Waals surface area contributed by atoms with Gasteiger partial charge in [-0.3, -0.25) is 9.59 Å². The molecule has 31 heavy (non-hydrogen) atoms. The van der Waals surface area contributed by atoms with Crippen molar-refractivity contribution in [2.75, 3.05) is 4.90 Å². The zero-order chi connectivity index (χ0) is 22.1. The minimum absolute atomic E-state index is 0.158. The van der Waals surface area contributed by atoms with Crippen molar-refractivity contribution in [3.05, 3.63) is 110 Å². The van der Waals surface area contributed by atoms with Crippen LogP contribution in [-0.4, -0.2) is 10.9 Å². The quantitative estimate of drug-likeness (QED) is 0.434. The molecule has 1 heterocycles. The number of carbonyl (C=O) groups excluding carboxylic acids is 1. The van der Waals surface area contributed by atoms with E-state index in [1.807, 2.05) is 63.2 Å². The van der Waals surface area contributed by atoms with Gasteiger partial charge in [0.1, 0.15) is 0 Å². The maximum Gasteiger partial charge on any atom is 0.258 e. The maximum absolute atomic E-state index is 13.5. The van der Waals surface area contributed by atoms with Crippen molar-refractivity contribution >= 4 is 34.1 Å². The number of H-pyrrole nitrogens is 1. The van der Waals surface area contributed by atoms with Gasteiger partial charge in [-0.2, -0.15) is 0 Å². The molecule has 4 rings (SSSR count). The van der Waals surface area contributed by atoms with E-state index in [1.54, 1.807) is 29.2 Å². The number of fused-ring (bicyclic) bond motifs is 1. The minimum Gasteiger partial charge on any atom is -0.322 e. The standard InChI is InChI=1S/C26H23ClN2O2/c1-16-7-12-23-20(13-16)14-21(25(30)28-23)15-29(24-6-4-5-17(2)18(24)3)26(31)19-8-10-22(27)11-9-19/h4-14H,15H2,1-3H3,(H,28,30). The zero-order valence-electron chi connectivity index (χ0n) is 17.7. The second kappa shape index (κ2) is 8.40. The Hall–Kier alpha value is -3.37. The van der Waals surface area contributed by atoms with Gasteiger partial charge >= 0.3 is 0 Å². The van der Waals surface area contributed by atoms with E-state index >= 15 is 0 Å². The first kappa shape index (κ1) is 20.9. The van der Waals surface area contributed by atoms with Crippen LogP contribution in [0.2, 0.25) is 5.02 Å². The van der Waals surface area contributed by atoms with E-state index in [1.165, 1.54) is 0 Å². The summed E-state index contributed by atoms with van der Waals surface area (Å²) in [6.45, 7) is 6.16. The number of aromatic nitrogens is 1. The molecule has 1 aromatic heterocycles. The Morgan fingerprint density at radius 1 is 0.968 bits per heavy atom. The third-order valence-electron chi connectivity index (χ3n) is 5.61. The molecule has 0 atom stereocenters. The van der Waals surface area contributed by atoms with Gasteiger partial charge in [-0.15, -0.1) is 0 Å². The van der Waals surface area contributed by atoms with Gasteiger partial charge in [-0.05, 0) is 85.8 Å². The SMILES string of the molecule is Cc1ccc2[nH]c(=O)c(CN(C(=O)c3ccc(Cl)cc3)c3cccc(C)c3C)cc2c1. The molecule has 0 saturated carbocycles. The van der Waals surface area contributed by atoms with Gasteiger partial charge in [0.05, 0.1) is 6.54 Å². The molecule has 1 N–H and O–H groups in total. The smallest absolute Gasteiger partial charge is 0.258 e. The number of nitrogens with zero attached hydrogens (tertiary/aromatic N) is 1. The van der Waals surface area contributed by atoms with E-state index in [0.717, 1.165) is 33.3 Å². The minimum atomic E-state index is -0.199. The summed E-state index contributed by atoms with van der Waals surface area (Å²) in [5.74, 6) is -0.186. The molecule has 0 unspecified atom stereocenters.